The fraction of sp³-hybridized carbons (Fsp3) is 0.357. The molecule has 0 atom stereocenters. The molecule has 1 heterocycles. The zero-order valence-electron chi connectivity index (χ0n) is 10.8. The maximum atomic E-state index is 5.20. The van der Waals surface area contributed by atoms with E-state index in [0.717, 1.165) is 18.1 Å². The summed E-state index contributed by atoms with van der Waals surface area (Å²) < 4.78 is 5.20. The van der Waals surface area contributed by atoms with Crippen LogP contribution < -0.4 is 5.32 Å². The highest BCUT2D eigenvalue weighted by Gasteiger charge is 2.02. The van der Waals surface area contributed by atoms with Gasteiger partial charge < -0.3 is 10.1 Å². The first-order chi connectivity index (χ1) is 8.79. The molecule has 1 aromatic carbocycles. The second-order valence-corrected chi connectivity index (χ2v) is 5.47. The van der Waals surface area contributed by atoms with Gasteiger partial charge in [-0.3, -0.25) is 0 Å². The molecule has 2 rings (SSSR count). The third kappa shape index (κ3) is 3.63. The molecule has 1 aromatic heterocycles. The number of hydrogen-bond acceptors (Lipinski definition) is 4. The minimum Gasteiger partial charge on any atom is -0.380 e. The van der Waals surface area contributed by atoms with Crippen LogP contribution in [0.1, 0.15) is 21.0 Å². The summed E-state index contributed by atoms with van der Waals surface area (Å²) in [7, 11) is 1.73. The number of ether oxygens (including phenoxy) is 1. The summed E-state index contributed by atoms with van der Waals surface area (Å²) in [5.74, 6) is 0. The average Bonchev–Trinajstić information content (AvgIpc) is 2.78. The maximum Gasteiger partial charge on any atom is 0.0897 e. The Labute approximate surface area is 112 Å². The standard InChI is InChI=1S/C14H18N2OS/c1-11-16-9-14(18-11)8-15-7-12-5-3-4-6-13(12)10-17-2/h3-6,9,15H,7-8,10H2,1-2H3. The van der Waals surface area contributed by atoms with Crippen LogP contribution in [0.15, 0.2) is 30.5 Å². The summed E-state index contributed by atoms with van der Waals surface area (Å²) in [5.41, 5.74) is 2.54. The number of aryl methyl sites for hydroxylation is 1. The molecule has 1 N–H and O–H groups in total. The Hall–Kier alpha value is -1.23. The predicted molar refractivity (Wildman–Crippen MR) is 74.5 cm³/mol. The second kappa shape index (κ2) is 6.64. The molecule has 0 spiro atoms. The lowest BCUT2D eigenvalue weighted by Crippen LogP contribution is -2.13. The van der Waals surface area contributed by atoms with Gasteiger partial charge in [0.2, 0.25) is 0 Å². The average molecular weight is 262 g/mol. The van der Waals surface area contributed by atoms with Gasteiger partial charge in [0.05, 0.1) is 11.6 Å². The highest BCUT2D eigenvalue weighted by Crippen LogP contribution is 2.12. The molecule has 18 heavy (non-hydrogen) atoms. The van der Waals surface area contributed by atoms with E-state index in [-0.39, 0.29) is 0 Å². The Morgan fingerprint density at radius 3 is 2.67 bits per heavy atom. The van der Waals surface area contributed by atoms with E-state index in [1.165, 1.54) is 16.0 Å². The van der Waals surface area contributed by atoms with Gasteiger partial charge in [0.15, 0.2) is 0 Å². The molecule has 0 aliphatic rings. The number of nitrogens with one attached hydrogen (secondary N) is 1. The van der Waals surface area contributed by atoms with Crippen LogP contribution in [0.25, 0.3) is 0 Å². The van der Waals surface area contributed by atoms with E-state index in [9.17, 15) is 0 Å². The first-order valence-corrected chi connectivity index (χ1v) is 6.79. The van der Waals surface area contributed by atoms with Crippen LogP contribution in [0.2, 0.25) is 0 Å². The van der Waals surface area contributed by atoms with Crippen LogP contribution in [0, 0.1) is 6.92 Å². The molecule has 4 heteroatoms. The number of benzene rings is 1. The third-order valence-electron chi connectivity index (χ3n) is 2.70. The van der Waals surface area contributed by atoms with E-state index in [2.05, 4.69) is 28.5 Å². The summed E-state index contributed by atoms with van der Waals surface area (Å²) in [6, 6.07) is 8.36. The van der Waals surface area contributed by atoms with Crippen LogP contribution in [0.5, 0.6) is 0 Å². The minimum absolute atomic E-state index is 0.664. The maximum absolute atomic E-state index is 5.20. The van der Waals surface area contributed by atoms with Gasteiger partial charge in [0.25, 0.3) is 0 Å². The van der Waals surface area contributed by atoms with E-state index < -0.39 is 0 Å². The topological polar surface area (TPSA) is 34.1 Å². The fourth-order valence-electron chi connectivity index (χ4n) is 1.83. The van der Waals surface area contributed by atoms with Crippen LogP contribution in [-0.2, 0) is 24.4 Å². The van der Waals surface area contributed by atoms with Gasteiger partial charge in [-0.1, -0.05) is 24.3 Å². The molecular formula is C14H18N2OS. The van der Waals surface area contributed by atoms with Gasteiger partial charge in [-0.25, -0.2) is 4.98 Å². The first kappa shape index (κ1) is 13.2. The molecule has 3 nitrogen and oxygen atoms in total. The number of rotatable bonds is 6. The van der Waals surface area contributed by atoms with Gasteiger partial charge >= 0.3 is 0 Å². The number of methoxy groups -OCH3 is 1. The van der Waals surface area contributed by atoms with Gasteiger partial charge in [-0.2, -0.15) is 0 Å². The Morgan fingerprint density at radius 1 is 1.22 bits per heavy atom. The summed E-state index contributed by atoms with van der Waals surface area (Å²) in [4.78, 5) is 5.52. The van der Waals surface area contributed by atoms with Crippen molar-refractivity contribution in [3.63, 3.8) is 0 Å². The zero-order valence-corrected chi connectivity index (χ0v) is 11.6. The van der Waals surface area contributed by atoms with Crippen molar-refractivity contribution in [1.82, 2.24) is 10.3 Å². The summed E-state index contributed by atoms with van der Waals surface area (Å²) in [5, 5.41) is 4.56. The summed E-state index contributed by atoms with van der Waals surface area (Å²) in [6.07, 6.45) is 1.94. The molecule has 0 aliphatic heterocycles. The van der Waals surface area contributed by atoms with Crippen molar-refractivity contribution in [2.75, 3.05) is 7.11 Å². The second-order valence-electron chi connectivity index (χ2n) is 4.15. The Morgan fingerprint density at radius 2 is 2.00 bits per heavy atom. The molecule has 2 aromatic rings. The van der Waals surface area contributed by atoms with Crippen LogP contribution in [0.3, 0.4) is 0 Å². The van der Waals surface area contributed by atoms with Crippen molar-refractivity contribution in [2.24, 2.45) is 0 Å². The Balaban J connectivity index is 1.89. The fourth-order valence-corrected chi connectivity index (χ4v) is 2.60. The molecule has 0 aliphatic carbocycles. The van der Waals surface area contributed by atoms with E-state index in [0.29, 0.717) is 6.61 Å². The van der Waals surface area contributed by atoms with Gasteiger partial charge in [-0.05, 0) is 18.1 Å². The molecule has 0 amide bonds. The Kier molecular flexibility index (Phi) is 4.87. The number of nitrogens with zero attached hydrogens (tertiary/aromatic N) is 1. The van der Waals surface area contributed by atoms with Gasteiger partial charge in [0, 0.05) is 31.3 Å². The largest absolute Gasteiger partial charge is 0.380 e. The highest BCUT2D eigenvalue weighted by molar-refractivity contribution is 7.11. The van der Waals surface area contributed by atoms with Crippen molar-refractivity contribution in [2.45, 2.75) is 26.6 Å². The monoisotopic (exact) mass is 262 g/mol. The van der Waals surface area contributed by atoms with Crippen molar-refractivity contribution >= 4 is 11.3 Å². The van der Waals surface area contributed by atoms with Crippen LogP contribution in [-0.4, -0.2) is 12.1 Å². The van der Waals surface area contributed by atoms with Crippen LogP contribution in [0.4, 0.5) is 0 Å². The lowest BCUT2D eigenvalue weighted by atomic mass is 10.1. The SMILES string of the molecule is COCc1ccccc1CNCc1cnc(C)s1. The first-order valence-electron chi connectivity index (χ1n) is 5.97. The lowest BCUT2D eigenvalue weighted by Gasteiger charge is -2.09. The number of thiazole rings is 1. The molecule has 0 bridgehead atoms. The van der Waals surface area contributed by atoms with Crippen molar-refractivity contribution in [1.29, 1.82) is 0 Å². The van der Waals surface area contributed by atoms with E-state index in [1.807, 2.05) is 19.2 Å². The molecule has 0 unspecified atom stereocenters. The molecule has 0 saturated carbocycles. The van der Waals surface area contributed by atoms with Gasteiger partial charge in [-0.15, -0.1) is 11.3 Å². The van der Waals surface area contributed by atoms with E-state index in [1.54, 1.807) is 18.4 Å². The van der Waals surface area contributed by atoms with Gasteiger partial charge in [0.1, 0.15) is 0 Å². The molecule has 0 fully saturated rings. The predicted octanol–water partition coefficient (Wildman–Crippen LogP) is 2.89. The smallest absolute Gasteiger partial charge is 0.0897 e. The Bertz CT molecular complexity index is 496. The minimum atomic E-state index is 0.664. The van der Waals surface area contributed by atoms with Crippen molar-refractivity contribution in [3.05, 3.63) is 51.5 Å². The number of hydrogen-bond donors (Lipinski definition) is 1. The quantitative estimate of drug-likeness (QED) is 0.869. The molecule has 0 saturated heterocycles. The summed E-state index contributed by atoms with van der Waals surface area (Å²) >= 11 is 1.74. The molecule has 96 valence electrons. The van der Waals surface area contributed by atoms with Crippen molar-refractivity contribution < 1.29 is 4.74 Å². The molecular weight excluding hydrogens is 244 g/mol. The zero-order chi connectivity index (χ0) is 12.8. The lowest BCUT2D eigenvalue weighted by molar-refractivity contribution is 0.184. The van der Waals surface area contributed by atoms with E-state index >= 15 is 0 Å². The van der Waals surface area contributed by atoms with Crippen LogP contribution >= 0.6 is 11.3 Å². The molecule has 0 radical (unpaired) electrons. The van der Waals surface area contributed by atoms with Crippen molar-refractivity contribution in [3.8, 4) is 0 Å². The summed E-state index contributed by atoms with van der Waals surface area (Å²) in [6.45, 7) is 4.42. The van der Waals surface area contributed by atoms with E-state index in [4.69, 9.17) is 4.74 Å². The normalized spacial score (nSPS) is 10.8. The highest BCUT2D eigenvalue weighted by atomic mass is 32.1. The third-order valence-corrected chi connectivity index (χ3v) is 3.61. The number of aromatic nitrogens is 1.